The summed E-state index contributed by atoms with van der Waals surface area (Å²) in [6.07, 6.45) is 3.74. The van der Waals surface area contributed by atoms with Crippen LogP contribution in [0.3, 0.4) is 0 Å². The third-order valence-electron chi connectivity index (χ3n) is 3.77. The molecule has 0 saturated carbocycles. The summed E-state index contributed by atoms with van der Waals surface area (Å²) in [5.41, 5.74) is 2.77. The van der Waals surface area contributed by atoms with Crippen LogP contribution in [0.4, 0.5) is 0 Å². The van der Waals surface area contributed by atoms with Crippen molar-refractivity contribution in [2.75, 3.05) is 6.61 Å². The van der Waals surface area contributed by atoms with Crippen LogP contribution in [0.25, 0.3) is 23.1 Å². The first-order valence-electron chi connectivity index (χ1n) is 7.64. The maximum Gasteiger partial charge on any atom is 0.261 e. The van der Waals surface area contributed by atoms with Crippen molar-refractivity contribution in [3.63, 3.8) is 0 Å². The van der Waals surface area contributed by atoms with Crippen LogP contribution in [-0.2, 0) is 6.54 Å². The Morgan fingerprint density at radius 1 is 1.17 bits per heavy atom. The van der Waals surface area contributed by atoms with Crippen molar-refractivity contribution in [1.29, 1.82) is 0 Å². The van der Waals surface area contributed by atoms with Crippen LogP contribution in [0, 0.1) is 10.5 Å². The number of aliphatic hydroxyl groups is 1. The zero-order valence-electron chi connectivity index (χ0n) is 13.2. The number of benzene rings is 2. The minimum Gasteiger partial charge on any atom is -0.395 e. The van der Waals surface area contributed by atoms with Crippen LogP contribution in [-0.4, -0.2) is 21.3 Å². The number of hydrogen-bond acceptors (Lipinski definition) is 3. The highest BCUT2D eigenvalue weighted by Gasteiger charge is 2.09. The van der Waals surface area contributed by atoms with E-state index in [0.717, 1.165) is 9.13 Å². The van der Waals surface area contributed by atoms with Gasteiger partial charge in [0.1, 0.15) is 5.82 Å². The fourth-order valence-electron chi connectivity index (χ4n) is 2.50. The molecule has 4 nitrogen and oxygen atoms in total. The minimum atomic E-state index is -0.129. The first kappa shape index (κ1) is 16.9. The van der Waals surface area contributed by atoms with Gasteiger partial charge in [0.05, 0.1) is 24.1 Å². The fraction of sp³-hybridized carbons (Fsp3) is 0.158. The van der Waals surface area contributed by atoms with Crippen molar-refractivity contribution in [2.45, 2.75) is 13.5 Å². The number of aryl methyl sites for hydroxylation is 1. The van der Waals surface area contributed by atoms with Gasteiger partial charge in [-0.3, -0.25) is 9.36 Å². The Balaban J connectivity index is 2.11. The van der Waals surface area contributed by atoms with Gasteiger partial charge < -0.3 is 5.11 Å². The molecule has 1 aromatic heterocycles. The lowest BCUT2D eigenvalue weighted by Gasteiger charge is -2.10. The summed E-state index contributed by atoms with van der Waals surface area (Å²) in [7, 11) is 0. The molecule has 0 spiro atoms. The smallest absolute Gasteiger partial charge is 0.261 e. The Labute approximate surface area is 153 Å². The lowest BCUT2D eigenvalue weighted by atomic mass is 10.1. The third-order valence-corrected chi connectivity index (χ3v) is 4.44. The van der Waals surface area contributed by atoms with E-state index >= 15 is 0 Å². The SMILES string of the molecule is Cc1ccc(/C=C/c2nc3ccc(I)cc3c(=O)n2CCO)cc1. The molecule has 0 aliphatic rings. The summed E-state index contributed by atoms with van der Waals surface area (Å²) >= 11 is 2.17. The highest BCUT2D eigenvalue weighted by Crippen LogP contribution is 2.15. The van der Waals surface area contributed by atoms with E-state index < -0.39 is 0 Å². The number of rotatable bonds is 4. The molecular formula is C19H17IN2O2. The van der Waals surface area contributed by atoms with Gasteiger partial charge >= 0.3 is 0 Å². The van der Waals surface area contributed by atoms with Gasteiger partial charge in [-0.2, -0.15) is 0 Å². The molecule has 1 N–H and O–H groups in total. The Morgan fingerprint density at radius 2 is 1.92 bits per heavy atom. The second kappa shape index (κ2) is 7.27. The van der Waals surface area contributed by atoms with E-state index in [9.17, 15) is 9.90 Å². The number of fused-ring (bicyclic) bond motifs is 1. The molecule has 1 heterocycles. The molecule has 0 amide bonds. The van der Waals surface area contributed by atoms with Crippen molar-refractivity contribution in [3.8, 4) is 0 Å². The lowest BCUT2D eigenvalue weighted by Crippen LogP contribution is -2.25. The molecule has 24 heavy (non-hydrogen) atoms. The summed E-state index contributed by atoms with van der Waals surface area (Å²) < 4.78 is 2.50. The molecule has 0 bridgehead atoms. The molecule has 0 fully saturated rings. The van der Waals surface area contributed by atoms with Crippen molar-refractivity contribution < 1.29 is 5.11 Å². The van der Waals surface area contributed by atoms with E-state index in [1.807, 2.05) is 61.5 Å². The predicted molar refractivity (Wildman–Crippen MR) is 106 cm³/mol. The fourth-order valence-corrected chi connectivity index (χ4v) is 2.99. The van der Waals surface area contributed by atoms with Gasteiger partial charge in [0.2, 0.25) is 0 Å². The monoisotopic (exact) mass is 432 g/mol. The van der Waals surface area contributed by atoms with Gasteiger partial charge in [-0.1, -0.05) is 35.9 Å². The Hall–Kier alpha value is -1.99. The molecule has 0 aliphatic heterocycles. The normalized spacial score (nSPS) is 11.5. The second-order valence-corrected chi connectivity index (χ2v) is 6.80. The maximum absolute atomic E-state index is 12.7. The number of hydrogen-bond donors (Lipinski definition) is 1. The maximum atomic E-state index is 12.7. The summed E-state index contributed by atoms with van der Waals surface area (Å²) in [5.74, 6) is 0.545. The summed E-state index contributed by atoms with van der Waals surface area (Å²) in [4.78, 5) is 17.3. The molecule has 5 heteroatoms. The van der Waals surface area contributed by atoms with Crippen LogP contribution >= 0.6 is 22.6 Å². The van der Waals surface area contributed by atoms with Crippen molar-refractivity contribution in [3.05, 3.63) is 73.3 Å². The van der Waals surface area contributed by atoms with Gasteiger partial charge in [-0.15, -0.1) is 0 Å². The van der Waals surface area contributed by atoms with Crippen molar-refractivity contribution in [1.82, 2.24) is 9.55 Å². The first-order valence-corrected chi connectivity index (χ1v) is 8.72. The number of aliphatic hydroxyl groups excluding tert-OH is 1. The van der Waals surface area contributed by atoms with Crippen LogP contribution in [0.2, 0.25) is 0 Å². The van der Waals surface area contributed by atoms with Gasteiger partial charge in [-0.05, 0) is 59.4 Å². The van der Waals surface area contributed by atoms with E-state index in [4.69, 9.17) is 0 Å². The minimum absolute atomic E-state index is 0.109. The molecule has 0 saturated heterocycles. The van der Waals surface area contributed by atoms with Gasteiger partial charge in [0.15, 0.2) is 0 Å². The molecule has 0 atom stereocenters. The van der Waals surface area contributed by atoms with E-state index in [1.54, 1.807) is 0 Å². The summed E-state index contributed by atoms with van der Waals surface area (Å²) in [5, 5.41) is 9.87. The molecule has 122 valence electrons. The number of halogens is 1. The molecule has 0 unspecified atom stereocenters. The van der Waals surface area contributed by atoms with Crippen LogP contribution in [0.5, 0.6) is 0 Å². The Bertz CT molecular complexity index is 960. The highest BCUT2D eigenvalue weighted by molar-refractivity contribution is 14.1. The van der Waals surface area contributed by atoms with Crippen LogP contribution in [0.1, 0.15) is 17.0 Å². The Morgan fingerprint density at radius 3 is 2.62 bits per heavy atom. The lowest BCUT2D eigenvalue weighted by molar-refractivity contribution is 0.273. The molecule has 2 aromatic carbocycles. The molecular weight excluding hydrogens is 415 g/mol. The van der Waals surface area contributed by atoms with E-state index in [-0.39, 0.29) is 18.7 Å². The zero-order valence-corrected chi connectivity index (χ0v) is 15.4. The molecule has 3 aromatic rings. The molecule has 0 aliphatic carbocycles. The quantitative estimate of drug-likeness (QED) is 0.643. The van der Waals surface area contributed by atoms with Gasteiger partial charge in [-0.25, -0.2) is 4.98 Å². The average molecular weight is 432 g/mol. The Kier molecular flexibility index (Phi) is 5.11. The number of nitrogens with zero attached hydrogens (tertiary/aromatic N) is 2. The van der Waals surface area contributed by atoms with E-state index in [0.29, 0.717) is 16.7 Å². The first-order chi connectivity index (χ1) is 11.6. The topological polar surface area (TPSA) is 55.1 Å². The summed E-state index contributed by atoms with van der Waals surface area (Å²) in [6, 6.07) is 13.7. The highest BCUT2D eigenvalue weighted by atomic mass is 127. The molecule has 0 radical (unpaired) electrons. The van der Waals surface area contributed by atoms with Gasteiger partial charge in [0, 0.05) is 3.57 Å². The summed E-state index contributed by atoms with van der Waals surface area (Å²) in [6.45, 7) is 2.15. The largest absolute Gasteiger partial charge is 0.395 e. The van der Waals surface area contributed by atoms with Crippen LogP contribution < -0.4 is 5.56 Å². The van der Waals surface area contributed by atoms with E-state index in [1.165, 1.54) is 10.1 Å². The zero-order chi connectivity index (χ0) is 17.1. The van der Waals surface area contributed by atoms with Gasteiger partial charge in [0.25, 0.3) is 5.56 Å². The standard InChI is InChI=1S/C19H17IN2O2/c1-13-2-4-14(5-3-13)6-9-18-21-17-8-7-15(20)12-16(17)19(24)22(18)10-11-23/h2-9,12,23H,10-11H2,1H3/b9-6+. The predicted octanol–water partition coefficient (Wildman–Crippen LogP) is 3.47. The van der Waals surface area contributed by atoms with Crippen LogP contribution in [0.15, 0.2) is 47.3 Å². The second-order valence-electron chi connectivity index (χ2n) is 5.56. The molecule has 3 rings (SSSR count). The van der Waals surface area contributed by atoms with Crippen molar-refractivity contribution >= 4 is 45.6 Å². The van der Waals surface area contributed by atoms with Crippen molar-refractivity contribution in [2.24, 2.45) is 0 Å². The van der Waals surface area contributed by atoms with E-state index in [2.05, 4.69) is 27.6 Å². The number of aromatic nitrogens is 2. The average Bonchev–Trinajstić information content (AvgIpc) is 2.58. The third kappa shape index (κ3) is 3.57.